The molecule has 0 bridgehead atoms. The zero-order valence-electron chi connectivity index (χ0n) is 21.3. The molecule has 0 spiro atoms. The van der Waals surface area contributed by atoms with Crippen LogP contribution in [0.5, 0.6) is 11.5 Å². The third kappa shape index (κ3) is 7.13. The monoisotopic (exact) mass is 517 g/mol. The SMILES string of the molecule is COc1ccc(CN(C(=O)CN(c2cccc(OC)c2)S(C)(=O)=O)[C@H](C)C(=O)NC2CCCC2)cc1. The molecule has 2 amide bonds. The zero-order valence-corrected chi connectivity index (χ0v) is 22.1. The van der Waals surface area contributed by atoms with Crippen LogP contribution in [0.4, 0.5) is 5.69 Å². The molecule has 0 saturated heterocycles. The normalized spacial score (nSPS) is 14.7. The Morgan fingerprint density at radius 2 is 1.67 bits per heavy atom. The topological polar surface area (TPSA) is 105 Å². The molecule has 0 radical (unpaired) electrons. The van der Waals surface area contributed by atoms with E-state index in [-0.39, 0.29) is 18.5 Å². The van der Waals surface area contributed by atoms with Crippen molar-refractivity contribution in [3.05, 3.63) is 54.1 Å². The highest BCUT2D eigenvalue weighted by atomic mass is 32.2. The van der Waals surface area contributed by atoms with Gasteiger partial charge in [0, 0.05) is 18.7 Å². The molecule has 0 unspecified atom stereocenters. The van der Waals surface area contributed by atoms with Crippen LogP contribution in [0, 0.1) is 0 Å². The van der Waals surface area contributed by atoms with Crippen molar-refractivity contribution in [2.45, 2.75) is 51.2 Å². The number of amides is 2. The summed E-state index contributed by atoms with van der Waals surface area (Å²) in [6, 6.07) is 13.0. The molecule has 36 heavy (non-hydrogen) atoms. The summed E-state index contributed by atoms with van der Waals surface area (Å²) < 4.78 is 36.8. The fourth-order valence-corrected chi connectivity index (χ4v) is 5.12. The molecule has 3 rings (SSSR count). The van der Waals surface area contributed by atoms with Gasteiger partial charge in [0.25, 0.3) is 0 Å². The number of anilines is 1. The second kappa shape index (κ2) is 12.1. The van der Waals surface area contributed by atoms with Crippen molar-refractivity contribution in [1.82, 2.24) is 10.2 Å². The predicted molar refractivity (Wildman–Crippen MR) is 139 cm³/mol. The van der Waals surface area contributed by atoms with Gasteiger partial charge in [-0.15, -0.1) is 0 Å². The molecule has 1 aliphatic carbocycles. The highest BCUT2D eigenvalue weighted by Gasteiger charge is 2.31. The minimum absolute atomic E-state index is 0.0993. The first-order valence-electron chi connectivity index (χ1n) is 12.0. The van der Waals surface area contributed by atoms with Crippen molar-refractivity contribution in [1.29, 1.82) is 0 Å². The summed E-state index contributed by atoms with van der Waals surface area (Å²) in [6.45, 7) is 1.35. The molecule has 2 aromatic carbocycles. The van der Waals surface area contributed by atoms with Crippen LogP contribution in [0.3, 0.4) is 0 Å². The standard InChI is InChI=1S/C26H35N3O6S/c1-19(26(31)27-21-8-5-6-9-21)28(17-20-12-14-23(34-2)15-13-20)25(30)18-29(36(4,32)33)22-10-7-11-24(16-22)35-3/h7,10-16,19,21H,5-6,8-9,17-18H2,1-4H3,(H,27,31)/t19-/m1/s1. The highest BCUT2D eigenvalue weighted by Crippen LogP contribution is 2.24. The van der Waals surface area contributed by atoms with Gasteiger partial charge >= 0.3 is 0 Å². The molecule has 1 atom stereocenters. The Morgan fingerprint density at radius 1 is 1.03 bits per heavy atom. The maximum absolute atomic E-state index is 13.6. The van der Waals surface area contributed by atoms with Crippen LogP contribution >= 0.6 is 0 Å². The number of nitrogens with one attached hydrogen (secondary N) is 1. The van der Waals surface area contributed by atoms with E-state index in [1.807, 2.05) is 12.1 Å². The average Bonchev–Trinajstić information content (AvgIpc) is 3.38. The van der Waals surface area contributed by atoms with E-state index >= 15 is 0 Å². The van der Waals surface area contributed by atoms with Gasteiger partial charge in [-0.3, -0.25) is 13.9 Å². The Hall–Kier alpha value is -3.27. The van der Waals surface area contributed by atoms with Crippen LogP contribution in [0.1, 0.15) is 38.2 Å². The molecule has 2 aromatic rings. The van der Waals surface area contributed by atoms with E-state index in [4.69, 9.17) is 9.47 Å². The Morgan fingerprint density at radius 3 is 2.25 bits per heavy atom. The summed E-state index contributed by atoms with van der Waals surface area (Å²) in [6.07, 6.45) is 5.02. The summed E-state index contributed by atoms with van der Waals surface area (Å²) in [5, 5.41) is 3.05. The van der Waals surface area contributed by atoms with Crippen molar-refractivity contribution < 1.29 is 27.5 Å². The Bertz CT molecular complexity index is 1150. The van der Waals surface area contributed by atoms with Crippen molar-refractivity contribution in [2.75, 3.05) is 31.3 Å². The number of sulfonamides is 1. The Balaban J connectivity index is 1.88. The molecule has 0 aliphatic heterocycles. The van der Waals surface area contributed by atoms with E-state index in [0.29, 0.717) is 17.2 Å². The lowest BCUT2D eigenvalue weighted by Crippen LogP contribution is -2.52. The van der Waals surface area contributed by atoms with Crippen molar-refractivity contribution >= 4 is 27.5 Å². The third-order valence-corrected chi connectivity index (χ3v) is 7.54. The van der Waals surface area contributed by atoms with Gasteiger partial charge in [-0.1, -0.05) is 31.0 Å². The summed E-state index contributed by atoms with van der Waals surface area (Å²) in [4.78, 5) is 28.1. The number of carbonyl (C=O) groups is 2. The van der Waals surface area contributed by atoms with Gasteiger partial charge in [-0.25, -0.2) is 8.42 Å². The lowest BCUT2D eigenvalue weighted by molar-refractivity contribution is -0.139. The summed E-state index contributed by atoms with van der Waals surface area (Å²) >= 11 is 0. The number of methoxy groups -OCH3 is 2. The van der Waals surface area contributed by atoms with Crippen LogP contribution in [0.2, 0.25) is 0 Å². The van der Waals surface area contributed by atoms with Crippen molar-refractivity contribution in [3.8, 4) is 11.5 Å². The van der Waals surface area contributed by atoms with E-state index in [9.17, 15) is 18.0 Å². The van der Waals surface area contributed by atoms with Gasteiger partial charge in [0.2, 0.25) is 21.8 Å². The predicted octanol–water partition coefficient (Wildman–Crippen LogP) is 2.95. The minimum atomic E-state index is -3.80. The van der Waals surface area contributed by atoms with Gasteiger partial charge in [-0.2, -0.15) is 0 Å². The lowest BCUT2D eigenvalue weighted by Gasteiger charge is -2.32. The van der Waals surface area contributed by atoms with Crippen LogP contribution in [-0.4, -0.2) is 64.2 Å². The van der Waals surface area contributed by atoms with Gasteiger partial charge in [0.15, 0.2) is 0 Å². The first-order chi connectivity index (χ1) is 17.1. The van der Waals surface area contributed by atoms with E-state index in [0.717, 1.165) is 41.8 Å². The van der Waals surface area contributed by atoms with Crippen LogP contribution < -0.4 is 19.1 Å². The van der Waals surface area contributed by atoms with Gasteiger partial charge in [0.05, 0.1) is 26.2 Å². The van der Waals surface area contributed by atoms with Gasteiger partial charge in [-0.05, 0) is 49.6 Å². The molecular formula is C26H35N3O6S. The molecule has 196 valence electrons. The maximum atomic E-state index is 13.6. The van der Waals surface area contributed by atoms with Crippen molar-refractivity contribution in [3.63, 3.8) is 0 Å². The zero-order chi connectivity index (χ0) is 26.3. The Kier molecular flexibility index (Phi) is 9.19. The van der Waals surface area contributed by atoms with E-state index in [2.05, 4.69) is 5.32 Å². The molecule has 1 fully saturated rings. The average molecular weight is 518 g/mol. The van der Waals surface area contributed by atoms with Gasteiger partial charge in [0.1, 0.15) is 24.1 Å². The number of benzene rings is 2. The fraction of sp³-hybridized carbons (Fsp3) is 0.462. The summed E-state index contributed by atoms with van der Waals surface area (Å²) in [5.41, 5.74) is 1.09. The highest BCUT2D eigenvalue weighted by molar-refractivity contribution is 7.92. The lowest BCUT2D eigenvalue weighted by atomic mass is 10.1. The van der Waals surface area contributed by atoms with Crippen LogP contribution in [0.15, 0.2) is 48.5 Å². The fourth-order valence-electron chi connectivity index (χ4n) is 4.28. The second-order valence-electron chi connectivity index (χ2n) is 9.01. The first kappa shape index (κ1) is 27.3. The van der Waals surface area contributed by atoms with E-state index < -0.39 is 28.5 Å². The smallest absolute Gasteiger partial charge is 0.244 e. The summed E-state index contributed by atoms with van der Waals surface area (Å²) in [7, 11) is -0.754. The maximum Gasteiger partial charge on any atom is 0.244 e. The molecule has 1 saturated carbocycles. The molecule has 9 nitrogen and oxygen atoms in total. The van der Waals surface area contributed by atoms with Crippen LogP contribution in [-0.2, 0) is 26.2 Å². The molecule has 10 heteroatoms. The molecule has 0 heterocycles. The van der Waals surface area contributed by atoms with Crippen molar-refractivity contribution in [2.24, 2.45) is 0 Å². The number of hydrogen-bond acceptors (Lipinski definition) is 6. The van der Waals surface area contributed by atoms with Gasteiger partial charge < -0.3 is 19.7 Å². The Labute approximate surface area is 213 Å². The van der Waals surface area contributed by atoms with E-state index in [1.54, 1.807) is 50.4 Å². The minimum Gasteiger partial charge on any atom is -0.497 e. The number of hydrogen-bond donors (Lipinski definition) is 1. The molecule has 1 aliphatic rings. The second-order valence-corrected chi connectivity index (χ2v) is 10.9. The largest absolute Gasteiger partial charge is 0.497 e. The number of ether oxygens (including phenoxy) is 2. The molecular weight excluding hydrogens is 482 g/mol. The number of rotatable bonds is 11. The molecule has 1 N–H and O–H groups in total. The van der Waals surface area contributed by atoms with E-state index in [1.165, 1.54) is 12.0 Å². The number of carbonyl (C=O) groups excluding carboxylic acids is 2. The number of nitrogens with zero attached hydrogens (tertiary/aromatic N) is 2. The first-order valence-corrected chi connectivity index (χ1v) is 13.8. The summed E-state index contributed by atoms with van der Waals surface area (Å²) in [5.74, 6) is 0.391. The van der Waals surface area contributed by atoms with Crippen LogP contribution in [0.25, 0.3) is 0 Å². The molecule has 0 aromatic heterocycles. The third-order valence-electron chi connectivity index (χ3n) is 6.40. The quantitative estimate of drug-likeness (QED) is 0.491.